The Morgan fingerprint density at radius 2 is 2.16 bits per heavy atom. The lowest BCUT2D eigenvalue weighted by molar-refractivity contribution is -0.138. The van der Waals surface area contributed by atoms with Crippen molar-refractivity contribution < 1.29 is 14.4 Å². The third-order valence-corrected chi connectivity index (χ3v) is 6.10. The number of hydrogen-bond acceptors (Lipinski definition) is 7. The summed E-state index contributed by atoms with van der Waals surface area (Å²) in [5.41, 5.74) is -0.128. The quantitative estimate of drug-likeness (QED) is 0.412. The van der Waals surface area contributed by atoms with Crippen molar-refractivity contribution in [2.24, 2.45) is 0 Å². The van der Waals surface area contributed by atoms with E-state index in [1.54, 1.807) is 42.2 Å². The zero-order valence-electron chi connectivity index (χ0n) is 17.3. The topological polar surface area (TPSA) is 113 Å². The van der Waals surface area contributed by atoms with E-state index in [4.69, 9.17) is 0 Å². The van der Waals surface area contributed by atoms with Crippen LogP contribution >= 0.6 is 11.3 Å². The van der Waals surface area contributed by atoms with Gasteiger partial charge in [0.05, 0.1) is 12.2 Å². The first-order chi connectivity index (χ1) is 15.4. The van der Waals surface area contributed by atoms with E-state index in [0.717, 1.165) is 9.78 Å². The molecular formula is C21H21N7O3S. The number of carbonyl (C=O) groups excluding carboxylic acids is 3. The summed E-state index contributed by atoms with van der Waals surface area (Å²) in [7, 11) is 0. The molecule has 4 amide bonds. The highest BCUT2D eigenvalue weighted by molar-refractivity contribution is 7.09. The highest BCUT2D eigenvalue weighted by atomic mass is 32.1. The molecule has 3 heterocycles. The molecule has 0 unspecified atom stereocenters. The number of thiophene rings is 1. The van der Waals surface area contributed by atoms with Crippen molar-refractivity contribution in [1.82, 2.24) is 35.3 Å². The molecule has 0 bridgehead atoms. The van der Waals surface area contributed by atoms with Gasteiger partial charge in [0.25, 0.3) is 5.91 Å². The van der Waals surface area contributed by atoms with E-state index in [1.807, 2.05) is 17.5 Å². The first-order valence-electron chi connectivity index (χ1n) is 9.81. The van der Waals surface area contributed by atoms with E-state index >= 15 is 0 Å². The van der Waals surface area contributed by atoms with Gasteiger partial charge in [0.2, 0.25) is 5.91 Å². The molecule has 2 aromatic heterocycles. The monoisotopic (exact) mass is 451 g/mol. The van der Waals surface area contributed by atoms with Gasteiger partial charge >= 0.3 is 6.03 Å². The van der Waals surface area contributed by atoms with Gasteiger partial charge in [-0.3, -0.25) is 14.5 Å². The minimum Gasteiger partial charge on any atom is -0.332 e. The van der Waals surface area contributed by atoms with Crippen LogP contribution in [0.15, 0.2) is 60.8 Å². The lowest BCUT2D eigenvalue weighted by atomic mass is 9.91. The van der Waals surface area contributed by atoms with E-state index in [9.17, 15) is 14.4 Å². The molecule has 0 saturated carbocycles. The second-order valence-corrected chi connectivity index (χ2v) is 8.43. The van der Waals surface area contributed by atoms with E-state index in [1.165, 1.54) is 22.3 Å². The minimum atomic E-state index is -1.32. The van der Waals surface area contributed by atoms with Gasteiger partial charge in [0, 0.05) is 11.4 Å². The second kappa shape index (κ2) is 8.71. The van der Waals surface area contributed by atoms with Crippen molar-refractivity contribution >= 4 is 29.2 Å². The van der Waals surface area contributed by atoms with E-state index in [0.29, 0.717) is 24.3 Å². The summed E-state index contributed by atoms with van der Waals surface area (Å²) in [6.45, 7) is 5.66. The number of carbonyl (C=O) groups is 3. The van der Waals surface area contributed by atoms with Gasteiger partial charge in [-0.05, 0) is 46.5 Å². The van der Waals surface area contributed by atoms with Gasteiger partial charge < -0.3 is 10.2 Å². The van der Waals surface area contributed by atoms with Crippen LogP contribution in [-0.4, -0.2) is 60.9 Å². The summed E-state index contributed by atoms with van der Waals surface area (Å²) < 4.78 is 1.45. The normalized spacial score (nSPS) is 18.0. The molecule has 3 aromatic rings. The molecule has 0 aliphatic carbocycles. The first kappa shape index (κ1) is 21.4. The van der Waals surface area contributed by atoms with Crippen LogP contribution < -0.4 is 5.32 Å². The van der Waals surface area contributed by atoms with Crippen LogP contribution in [0.2, 0.25) is 0 Å². The third kappa shape index (κ3) is 4.02. The number of hydrogen-bond donors (Lipinski definition) is 1. The maximum atomic E-state index is 13.3. The summed E-state index contributed by atoms with van der Waals surface area (Å²) in [6.07, 6.45) is 3.05. The zero-order chi connectivity index (χ0) is 22.7. The van der Waals surface area contributed by atoms with Crippen molar-refractivity contribution in [1.29, 1.82) is 0 Å². The molecule has 1 saturated heterocycles. The van der Waals surface area contributed by atoms with Crippen LogP contribution in [0.5, 0.6) is 0 Å². The van der Waals surface area contributed by atoms with E-state index < -0.39 is 17.5 Å². The zero-order valence-corrected chi connectivity index (χ0v) is 18.2. The van der Waals surface area contributed by atoms with Crippen LogP contribution in [0, 0.1) is 0 Å². The van der Waals surface area contributed by atoms with Crippen LogP contribution in [0.3, 0.4) is 0 Å². The van der Waals surface area contributed by atoms with Crippen molar-refractivity contribution in [3.8, 4) is 5.69 Å². The Hall–Kier alpha value is -3.86. The molecule has 32 heavy (non-hydrogen) atoms. The molecule has 1 aromatic carbocycles. The number of amides is 4. The molecule has 0 spiro atoms. The van der Waals surface area contributed by atoms with Gasteiger partial charge in [-0.1, -0.05) is 24.3 Å². The van der Waals surface area contributed by atoms with Crippen molar-refractivity contribution in [3.05, 3.63) is 71.2 Å². The molecule has 4 rings (SSSR count). The predicted molar refractivity (Wildman–Crippen MR) is 117 cm³/mol. The summed E-state index contributed by atoms with van der Waals surface area (Å²) in [5, 5.41) is 15.7. The molecule has 10 nitrogen and oxygen atoms in total. The number of urea groups is 1. The molecule has 1 aliphatic heterocycles. The lowest BCUT2D eigenvalue weighted by Crippen LogP contribution is -2.44. The molecule has 0 radical (unpaired) electrons. The lowest BCUT2D eigenvalue weighted by Gasteiger charge is -2.24. The fraction of sp³-hybridized carbons (Fsp3) is 0.238. The second-order valence-electron chi connectivity index (χ2n) is 7.39. The van der Waals surface area contributed by atoms with Crippen LogP contribution in [0.1, 0.15) is 17.4 Å². The van der Waals surface area contributed by atoms with Gasteiger partial charge in [0.1, 0.15) is 18.4 Å². The fourth-order valence-electron chi connectivity index (χ4n) is 3.51. The van der Waals surface area contributed by atoms with Crippen LogP contribution in [0.25, 0.3) is 5.69 Å². The standard InChI is InChI=1S/C21H21N7O3S/c1-3-9-26(12-17-8-5-10-32-17)18(29)13-27-19(30)21(2,23-20(27)31)15-6-4-7-16(11-15)28-14-22-24-25-28/h3-8,10-11,14H,1,9,12-13H2,2H3,(H,23,31)/t21-/m1/s1. The van der Waals surface area contributed by atoms with E-state index in [2.05, 4.69) is 27.4 Å². The van der Waals surface area contributed by atoms with E-state index in [-0.39, 0.29) is 12.5 Å². The average Bonchev–Trinajstić information content (AvgIpc) is 3.54. The Balaban J connectivity index is 1.54. The summed E-state index contributed by atoms with van der Waals surface area (Å²) in [4.78, 5) is 42.4. The average molecular weight is 452 g/mol. The SMILES string of the molecule is C=CCN(Cc1cccs1)C(=O)CN1C(=O)N[C@](C)(c2cccc(-n3cnnn3)c2)C1=O. The number of nitrogens with one attached hydrogen (secondary N) is 1. The predicted octanol–water partition coefficient (Wildman–Crippen LogP) is 1.71. The first-order valence-corrected chi connectivity index (χ1v) is 10.7. The molecular weight excluding hydrogens is 430 g/mol. The Morgan fingerprint density at radius 1 is 1.31 bits per heavy atom. The molecule has 1 aliphatic rings. The van der Waals surface area contributed by atoms with Gasteiger partial charge in [-0.2, -0.15) is 0 Å². The Morgan fingerprint density at radius 3 is 2.84 bits per heavy atom. The highest BCUT2D eigenvalue weighted by Crippen LogP contribution is 2.30. The molecule has 164 valence electrons. The number of rotatable bonds is 8. The van der Waals surface area contributed by atoms with Gasteiger partial charge in [0.15, 0.2) is 0 Å². The molecule has 1 N–H and O–H groups in total. The maximum absolute atomic E-state index is 13.3. The summed E-state index contributed by atoms with van der Waals surface area (Å²) in [6, 6.07) is 10.2. The summed E-state index contributed by atoms with van der Waals surface area (Å²) >= 11 is 1.53. The smallest absolute Gasteiger partial charge is 0.325 e. The number of tetrazole rings is 1. The Kier molecular flexibility index (Phi) is 5.82. The number of imide groups is 1. The van der Waals surface area contributed by atoms with Gasteiger partial charge in [-0.15, -0.1) is 23.0 Å². The third-order valence-electron chi connectivity index (χ3n) is 5.23. The molecule has 11 heteroatoms. The van der Waals surface area contributed by atoms with Crippen LogP contribution in [-0.2, 0) is 21.7 Å². The molecule has 1 atom stereocenters. The largest absolute Gasteiger partial charge is 0.332 e. The van der Waals surface area contributed by atoms with Crippen LogP contribution in [0.4, 0.5) is 4.79 Å². The highest BCUT2D eigenvalue weighted by Gasteiger charge is 2.49. The fourth-order valence-corrected chi connectivity index (χ4v) is 4.23. The minimum absolute atomic E-state index is 0.311. The Bertz CT molecular complexity index is 1150. The van der Waals surface area contributed by atoms with Gasteiger partial charge in [-0.25, -0.2) is 9.48 Å². The number of aromatic nitrogens is 4. The number of nitrogens with zero attached hydrogens (tertiary/aromatic N) is 6. The summed E-state index contributed by atoms with van der Waals surface area (Å²) in [5.74, 6) is -0.840. The maximum Gasteiger partial charge on any atom is 0.325 e. The Labute approximate surface area is 188 Å². The molecule has 1 fully saturated rings. The van der Waals surface area contributed by atoms with Crippen molar-refractivity contribution in [2.75, 3.05) is 13.1 Å². The number of benzene rings is 1. The van der Waals surface area contributed by atoms with Crippen molar-refractivity contribution in [2.45, 2.75) is 19.0 Å². The van der Waals surface area contributed by atoms with Crippen molar-refractivity contribution in [3.63, 3.8) is 0 Å².